The van der Waals surface area contributed by atoms with Crippen LogP contribution in [0.3, 0.4) is 0 Å². The molecular weight excluding hydrogens is 460 g/mol. The average Bonchev–Trinajstić information content (AvgIpc) is 2.72. The lowest BCUT2D eigenvalue weighted by atomic mass is 9.47. The molecule has 8 nitrogen and oxygen atoms in total. The van der Waals surface area contributed by atoms with Gasteiger partial charge in [-0.2, -0.15) is 0 Å². The molecule has 0 heterocycles. The number of carboxylic acids is 2. The lowest BCUT2D eigenvalue weighted by Gasteiger charge is -2.59. The van der Waals surface area contributed by atoms with Crippen molar-refractivity contribution in [3.8, 4) is 11.5 Å². The van der Waals surface area contributed by atoms with Gasteiger partial charge in [0.1, 0.15) is 11.5 Å². The lowest BCUT2D eigenvalue weighted by molar-refractivity contribution is -0.140. The number of fused-ring (bicyclic) bond motifs is 1. The predicted octanol–water partition coefficient (Wildman–Crippen LogP) is 4.27. The number of ether oxygens (including phenoxy) is 2. The summed E-state index contributed by atoms with van der Waals surface area (Å²) in [6.07, 6.45) is 5.31. The number of hydrogen-bond acceptors (Lipinski definition) is 6. The molecule has 0 bridgehead atoms. The van der Waals surface area contributed by atoms with E-state index in [2.05, 4.69) is 27.7 Å². The highest BCUT2D eigenvalue weighted by atomic mass is 32.2. The molecule has 2 saturated carbocycles. The average molecular weight is 497 g/mol. The van der Waals surface area contributed by atoms with Gasteiger partial charge in [-0.3, -0.25) is 0 Å². The highest BCUT2D eigenvalue weighted by Crippen LogP contribution is 2.61. The summed E-state index contributed by atoms with van der Waals surface area (Å²) < 4.78 is 37.7. The number of hydrogen-bond donors (Lipinski definition) is 2. The number of carboxylic acid groups (broad SMARTS) is 2. The minimum absolute atomic E-state index is 0.00319. The smallest absolute Gasteiger partial charge is 0.341 e. The van der Waals surface area contributed by atoms with E-state index in [-0.39, 0.29) is 44.8 Å². The van der Waals surface area contributed by atoms with E-state index in [0.717, 1.165) is 32.1 Å². The van der Waals surface area contributed by atoms with Crippen molar-refractivity contribution in [2.45, 2.75) is 64.7 Å². The van der Waals surface area contributed by atoms with Crippen LogP contribution in [-0.4, -0.2) is 49.5 Å². The van der Waals surface area contributed by atoms with Crippen LogP contribution in [0, 0.1) is 28.6 Å². The molecule has 190 valence electrons. The molecular formula is C25H36O8S. The van der Waals surface area contributed by atoms with Crippen molar-refractivity contribution in [2.75, 3.05) is 19.0 Å². The van der Waals surface area contributed by atoms with Gasteiger partial charge >= 0.3 is 11.9 Å². The lowest BCUT2D eigenvalue weighted by Crippen LogP contribution is -2.52. The Balaban J connectivity index is 1.94. The van der Waals surface area contributed by atoms with Crippen LogP contribution in [0.4, 0.5) is 0 Å². The third kappa shape index (κ3) is 5.67. The van der Waals surface area contributed by atoms with Crippen LogP contribution in [0.1, 0.15) is 59.8 Å². The minimum Gasteiger partial charge on any atom is -0.482 e. The van der Waals surface area contributed by atoms with Crippen molar-refractivity contribution in [1.29, 1.82) is 0 Å². The van der Waals surface area contributed by atoms with Crippen LogP contribution in [0.15, 0.2) is 23.1 Å². The molecule has 9 heteroatoms. The van der Waals surface area contributed by atoms with Crippen molar-refractivity contribution < 1.29 is 37.7 Å². The number of benzene rings is 1. The van der Waals surface area contributed by atoms with Crippen molar-refractivity contribution in [2.24, 2.45) is 28.6 Å². The zero-order chi connectivity index (χ0) is 25.3. The standard InChI is InChI=1S/C25H36O8S/c1-16-6-7-21-24(2,3)8-5-9-25(21,4)20(16)15-34(30,31)19-11-17(32-13-22(26)27)10-18(12-19)33-14-23(28)29/h10-12,16,20-21H,5-9,13-15H2,1-4H3,(H,26,27)(H,28,29). The van der Waals surface area contributed by atoms with Crippen molar-refractivity contribution in [3.63, 3.8) is 0 Å². The van der Waals surface area contributed by atoms with Crippen LogP contribution in [0.25, 0.3) is 0 Å². The van der Waals surface area contributed by atoms with Gasteiger partial charge < -0.3 is 19.7 Å². The molecule has 0 aromatic heterocycles. The predicted molar refractivity (Wildman–Crippen MR) is 126 cm³/mol. The maximum absolute atomic E-state index is 13.7. The van der Waals surface area contributed by atoms with E-state index in [1.807, 2.05) is 0 Å². The van der Waals surface area contributed by atoms with E-state index in [9.17, 15) is 18.0 Å². The van der Waals surface area contributed by atoms with Crippen molar-refractivity contribution in [1.82, 2.24) is 0 Å². The van der Waals surface area contributed by atoms with Crippen molar-refractivity contribution >= 4 is 21.8 Å². The zero-order valence-corrected chi connectivity index (χ0v) is 21.2. The van der Waals surface area contributed by atoms with E-state index < -0.39 is 35.0 Å². The molecule has 2 aliphatic rings. The first-order valence-corrected chi connectivity index (χ1v) is 13.5. The molecule has 0 amide bonds. The molecule has 4 atom stereocenters. The molecule has 2 fully saturated rings. The van der Waals surface area contributed by atoms with E-state index in [0.29, 0.717) is 5.92 Å². The first-order chi connectivity index (χ1) is 15.7. The fraction of sp³-hybridized carbons (Fsp3) is 0.680. The molecule has 0 radical (unpaired) electrons. The summed E-state index contributed by atoms with van der Waals surface area (Å²) in [7, 11) is -3.80. The first kappa shape index (κ1) is 26.3. The van der Waals surface area contributed by atoms with Crippen LogP contribution < -0.4 is 9.47 Å². The fourth-order valence-corrected chi connectivity index (χ4v) is 8.45. The van der Waals surface area contributed by atoms with Gasteiger partial charge in [-0.15, -0.1) is 0 Å². The minimum atomic E-state index is -3.80. The summed E-state index contributed by atoms with van der Waals surface area (Å²) in [5.74, 6) is -1.77. The van der Waals surface area contributed by atoms with Gasteiger partial charge in [-0.05, 0) is 60.0 Å². The second-order valence-corrected chi connectivity index (χ2v) is 12.9. The Labute approximate surface area is 201 Å². The molecule has 34 heavy (non-hydrogen) atoms. The highest BCUT2D eigenvalue weighted by molar-refractivity contribution is 7.91. The normalized spacial score (nSPS) is 28.5. The molecule has 0 saturated heterocycles. The molecule has 2 N–H and O–H groups in total. The van der Waals surface area contributed by atoms with Gasteiger partial charge in [-0.1, -0.05) is 40.5 Å². The van der Waals surface area contributed by atoms with Crippen molar-refractivity contribution in [3.05, 3.63) is 18.2 Å². The zero-order valence-electron chi connectivity index (χ0n) is 20.4. The second kappa shape index (κ2) is 9.76. The summed E-state index contributed by atoms with van der Waals surface area (Å²) in [4.78, 5) is 21.8. The van der Waals surface area contributed by atoms with Crippen LogP contribution in [0.5, 0.6) is 11.5 Å². The van der Waals surface area contributed by atoms with Gasteiger partial charge in [0, 0.05) is 6.07 Å². The Hall–Kier alpha value is -2.29. The number of sulfone groups is 1. The van der Waals surface area contributed by atoms with Gasteiger partial charge in [-0.25, -0.2) is 18.0 Å². The summed E-state index contributed by atoms with van der Waals surface area (Å²) in [6, 6.07) is 3.89. The summed E-state index contributed by atoms with van der Waals surface area (Å²) in [5, 5.41) is 17.8. The van der Waals surface area contributed by atoms with Gasteiger partial charge in [0.05, 0.1) is 10.6 Å². The quantitative estimate of drug-likeness (QED) is 0.519. The summed E-state index contributed by atoms with van der Waals surface area (Å²) in [6.45, 7) is 7.67. The largest absolute Gasteiger partial charge is 0.482 e. The number of carbonyl (C=O) groups is 2. The Morgan fingerprint density at radius 3 is 2.06 bits per heavy atom. The molecule has 1 aromatic rings. The van der Waals surface area contributed by atoms with E-state index in [1.54, 1.807) is 0 Å². The summed E-state index contributed by atoms with van der Waals surface area (Å²) >= 11 is 0. The number of aliphatic carboxylic acids is 2. The second-order valence-electron chi connectivity index (χ2n) is 10.8. The molecule has 1 aromatic carbocycles. The number of rotatable bonds is 9. The Morgan fingerprint density at radius 1 is 0.971 bits per heavy atom. The van der Waals surface area contributed by atoms with E-state index >= 15 is 0 Å². The van der Waals surface area contributed by atoms with Crippen LogP contribution in [0.2, 0.25) is 0 Å². The molecule has 4 unspecified atom stereocenters. The Kier molecular flexibility index (Phi) is 7.55. The van der Waals surface area contributed by atoms with Crippen LogP contribution >= 0.6 is 0 Å². The molecule has 0 spiro atoms. The molecule has 0 aliphatic heterocycles. The van der Waals surface area contributed by atoms with Gasteiger partial charge in [0.15, 0.2) is 23.1 Å². The fourth-order valence-electron chi connectivity index (χ4n) is 6.48. The Morgan fingerprint density at radius 2 is 1.53 bits per heavy atom. The Bertz CT molecular complexity index is 995. The maximum Gasteiger partial charge on any atom is 0.341 e. The molecule has 3 rings (SSSR count). The maximum atomic E-state index is 13.7. The van der Waals surface area contributed by atoms with E-state index in [1.165, 1.54) is 18.2 Å². The third-order valence-electron chi connectivity index (χ3n) is 8.06. The topological polar surface area (TPSA) is 127 Å². The van der Waals surface area contributed by atoms with E-state index in [4.69, 9.17) is 19.7 Å². The summed E-state index contributed by atoms with van der Waals surface area (Å²) in [5.41, 5.74) is 0.0735. The van der Waals surface area contributed by atoms with Gasteiger partial charge in [0.25, 0.3) is 0 Å². The monoisotopic (exact) mass is 496 g/mol. The SMILES string of the molecule is CC1CCC2C(C)(C)CCCC2(C)C1CS(=O)(=O)c1cc(OCC(=O)O)cc(OCC(=O)O)c1. The third-order valence-corrected chi connectivity index (χ3v) is 9.81. The van der Waals surface area contributed by atoms with Gasteiger partial charge in [0.2, 0.25) is 0 Å². The first-order valence-electron chi connectivity index (χ1n) is 11.8. The van der Waals surface area contributed by atoms with Crippen LogP contribution in [-0.2, 0) is 19.4 Å². The highest BCUT2D eigenvalue weighted by Gasteiger charge is 2.54. The molecule has 2 aliphatic carbocycles.